The summed E-state index contributed by atoms with van der Waals surface area (Å²) in [5.41, 5.74) is 2.40. The van der Waals surface area contributed by atoms with E-state index >= 15 is 0 Å². The summed E-state index contributed by atoms with van der Waals surface area (Å²) in [5.74, 6) is 1.02. The lowest BCUT2D eigenvalue weighted by atomic mass is 10.1. The maximum atomic E-state index is 5.64. The van der Waals surface area contributed by atoms with Crippen LogP contribution < -0.4 is 5.32 Å². The second kappa shape index (κ2) is 6.87. The number of nitrogens with one attached hydrogen (secondary N) is 1. The molecule has 0 aliphatic heterocycles. The van der Waals surface area contributed by atoms with Crippen LogP contribution >= 0.6 is 0 Å². The summed E-state index contributed by atoms with van der Waals surface area (Å²) in [6, 6.07) is 8.04. The minimum absolute atomic E-state index is 0.106. The van der Waals surface area contributed by atoms with Crippen LogP contribution in [0, 0.1) is 0 Å². The highest BCUT2D eigenvalue weighted by Gasteiger charge is 2.13. The van der Waals surface area contributed by atoms with E-state index < -0.39 is 0 Å². The third-order valence-electron chi connectivity index (χ3n) is 3.22. The van der Waals surface area contributed by atoms with Gasteiger partial charge in [0.25, 0.3) is 0 Å². The topological polar surface area (TPSA) is 41.3 Å². The fourth-order valence-electron chi connectivity index (χ4n) is 2.09. The summed E-state index contributed by atoms with van der Waals surface area (Å²) in [5, 5.41) is 3.50. The van der Waals surface area contributed by atoms with Gasteiger partial charge in [-0.25, -0.2) is 0 Å². The molecule has 0 aliphatic carbocycles. The van der Waals surface area contributed by atoms with Gasteiger partial charge >= 0.3 is 0 Å². The van der Waals surface area contributed by atoms with E-state index in [2.05, 4.69) is 43.0 Å². The molecule has 4 heteroatoms. The van der Waals surface area contributed by atoms with E-state index in [1.54, 1.807) is 6.26 Å². The molecule has 0 atom stereocenters. The molecule has 0 fully saturated rings. The van der Waals surface area contributed by atoms with Gasteiger partial charge in [-0.3, -0.25) is 9.88 Å². The number of nitrogens with zero attached hydrogens (tertiary/aromatic N) is 2. The van der Waals surface area contributed by atoms with Gasteiger partial charge in [-0.1, -0.05) is 6.07 Å². The zero-order valence-electron chi connectivity index (χ0n) is 13.4. The molecule has 0 unspecified atom stereocenters. The van der Waals surface area contributed by atoms with Crippen molar-refractivity contribution in [2.75, 3.05) is 7.05 Å². The Kier molecular flexibility index (Phi) is 5.15. The number of aromatic nitrogens is 1. The van der Waals surface area contributed by atoms with Gasteiger partial charge in [-0.15, -0.1) is 0 Å². The van der Waals surface area contributed by atoms with Crippen LogP contribution in [-0.4, -0.2) is 22.5 Å². The second-order valence-electron chi connectivity index (χ2n) is 6.47. The minimum atomic E-state index is 0.106. The Morgan fingerprint density at radius 2 is 2.00 bits per heavy atom. The highest BCUT2D eigenvalue weighted by Crippen LogP contribution is 2.15. The third kappa shape index (κ3) is 5.33. The lowest BCUT2D eigenvalue weighted by Crippen LogP contribution is -2.35. The van der Waals surface area contributed by atoms with Crippen LogP contribution in [0.1, 0.15) is 37.8 Å². The van der Waals surface area contributed by atoms with Crippen molar-refractivity contribution in [1.82, 2.24) is 15.2 Å². The van der Waals surface area contributed by atoms with Crippen LogP contribution in [0.2, 0.25) is 0 Å². The van der Waals surface area contributed by atoms with E-state index in [1.807, 2.05) is 30.5 Å². The first kappa shape index (κ1) is 15.7. The number of rotatable bonds is 6. The average Bonchev–Trinajstić information content (AvgIpc) is 2.84. The van der Waals surface area contributed by atoms with E-state index in [-0.39, 0.29) is 5.54 Å². The van der Waals surface area contributed by atoms with Gasteiger partial charge in [0.2, 0.25) is 0 Å². The van der Waals surface area contributed by atoms with Crippen molar-refractivity contribution in [2.45, 2.75) is 45.9 Å². The van der Waals surface area contributed by atoms with Crippen LogP contribution in [0.3, 0.4) is 0 Å². The van der Waals surface area contributed by atoms with Crippen LogP contribution in [0.25, 0.3) is 0 Å². The lowest BCUT2D eigenvalue weighted by Gasteiger charge is -2.21. The molecule has 0 amide bonds. The molecule has 0 bridgehead atoms. The standard InChI is InChI=1S/C17H25N3O/c1-17(2,3)19-11-14-8-10-21-16(14)13-20(4)12-15-7-5-6-9-18-15/h5-10,19H,11-13H2,1-4H3. The molecule has 2 heterocycles. The van der Waals surface area contributed by atoms with Crippen molar-refractivity contribution in [2.24, 2.45) is 0 Å². The third-order valence-corrected chi connectivity index (χ3v) is 3.22. The monoisotopic (exact) mass is 287 g/mol. The number of hydrogen-bond acceptors (Lipinski definition) is 4. The van der Waals surface area contributed by atoms with Crippen LogP contribution in [-0.2, 0) is 19.6 Å². The van der Waals surface area contributed by atoms with Gasteiger partial charge in [-0.05, 0) is 46.0 Å². The molecule has 0 saturated heterocycles. The summed E-state index contributed by atoms with van der Waals surface area (Å²) in [4.78, 5) is 6.56. The Labute approximate surface area is 127 Å². The normalized spacial score (nSPS) is 12.0. The Bertz CT molecular complexity index is 543. The van der Waals surface area contributed by atoms with Crippen molar-refractivity contribution < 1.29 is 4.42 Å². The van der Waals surface area contributed by atoms with Gasteiger partial charge in [0, 0.05) is 30.4 Å². The van der Waals surface area contributed by atoms with Crippen molar-refractivity contribution in [3.63, 3.8) is 0 Å². The van der Waals surface area contributed by atoms with Gasteiger partial charge < -0.3 is 9.73 Å². The first-order valence-electron chi connectivity index (χ1n) is 7.33. The summed E-state index contributed by atoms with van der Waals surface area (Å²) in [6.45, 7) is 8.92. The number of hydrogen-bond donors (Lipinski definition) is 1. The summed E-state index contributed by atoms with van der Waals surface area (Å²) < 4.78 is 5.64. The summed E-state index contributed by atoms with van der Waals surface area (Å²) in [7, 11) is 2.08. The van der Waals surface area contributed by atoms with E-state index in [9.17, 15) is 0 Å². The molecule has 0 saturated carbocycles. The molecule has 2 aromatic heterocycles. The van der Waals surface area contributed by atoms with Crippen LogP contribution in [0.15, 0.2) is 41.1 Å². The molecular formula is C17H25N3O. The minimum Gasteiger partial charge on any atom is -0.468 e. The lowest BCUT2D eigenvalue weighted by molar-refractivity contribution is 0.282. The molecule has 114 valence electrons. The molecule has 4 nitrogen and oxygen atoms in total. The zero-order valence-corrected chi connectivity index (χ0v) is 13.4. The Morgan fingerprint density at radius 3 is 2.67 bits per heavy atom. The smallest absolute Gasteiger partial charge is 0.122 e. The van der Waals surface area contributed by atoms with Gasteiger partial charge in [0.1, 0.15) is 5.76 Å². The van der Waals surface area contributed by atoms with Gasteiger partial charge in [0.15, 0.2) is 0 Å². The SMILES string of the molecule is CN(Cc1ccccn1)Cc1occc1CNC(C)(C)C. The maximum Gasteiger partial charge on any atom is 0.122 e. The first-order valence-corrected chi connectivity index (χ1v) is 7.33. The van der Waals surface area contributed by atoms with Crippen LogP contribution in [0.5, 0.6) is 0 Å². The molecule has 2 rings (SSSR count). The highest BCUT2D eigenvalue weighted by molar-refractivity contribution is 5.17. The van der Waals surface area contributed by atoms with E-state index in [0.717, 1.165) is 31.1 Å². The average molecular weight is 287 g/mol. The molecule has 0 aromatic carbocycles. The number of furan rings is 1. The first-order chi connectivity index (χ1) is 9.94. The molecule has 0 spiro atoms. The van der Waals surface area contributed by atoms with Crippen LogP contribution in [0.4, 0.5) is 0 Å². The Hall–Kier alpha value is -1.65. The molecule has 0 radical (unpaired) electrons. The predicted octanol–water partition coefficient (Wildman–Crippen LogP) is 3.19. The van der Waals surface area contributed by atoms with E-state index in [4.69, 9.17) is 4.42 Å². The molecule has 21 heavy (non-hydrogen) atoms. The highest BCUT2D eigenvalue weighted by atomic mass is 16.3. The quantitative estimate of drug-likeness (QED) is 0.886. The van der Waals surface area contributed by atoms with E-state index in [1.165, 1.54) is 5.56 Å². The largest absolute Gasteiger partial charge is 0.468 e. The second-order valence-corrected chi connectivity index (χ2v) is 6.47. The van der Waals surface area contributed by atoms with E-state index in [0.29, 0.717) is 0 Å². The maximum absolute atomic E-state index is 5.64. The fourth-order valence-corrected chi connectivity index (χ4v) is 2.09. The van der Waals surface area contributed by atoms with Crippen molar-refractivity contribution in [1.29, 1.82) is 0 Å². The predicted molar refractivity (Wildman–Crippen MR) is 84.7 cm³/mol. The van der Waals surface area contributed by atoms with Crippen molar-refractivity contribution in [3.8, 4) is 0 Å². The molecule has 2 aromatic rings. The summed E-state index contributed by atoms with van der Waals surface area (Å²) >= 11 is 0. The molecule has 1 N–H and O–H groups in total. The van der Waals surface area contributed by atoms with Gasteiger partial charge in [0.05, 0.1) is 18.5 Å². The molecular weight excluding hydrogens is 262 g/mol. The summed E-state index contributed by atoms with van der Waals surface area (Å²) in [6.07, 6.45) is 3.60. The van der Waals surface area contributed by atoms with Gasteiger partial charge in [-0.2, -0.15) is 0 Å². The van der Waals surface area contributed by atoms with Crippen molar-refractivity contribution >= 4 is 0 Å². The fraction of sp³-hybridized carbons (Fsp3) is 0.471. The molecule has 0 aliphatic rings. The Balaban J connectivity index is 1.92. The Morgan fingerprint density at radius 1 is 1.19 bits per heavy atom. The number of pyridine rings is 1. The zero-order chi connectivity index (χ0) is 15.3. The van der Waals surface area contributed by atoms with Crippen molar-refractivity contribution in [3.05, 3.63) is 53.7 Å².